The van der Waals surface area contributed by atoms with Crippen molar-refractivity contribution in [3.63, 3.8) is 0 Å². The second-order valence-corrected chi connectivity index (χ2v) is 7.56. The predicted molar refractivity (Wildman–Crippen MR) is 113 cm³/mol. The number of hydrogen-bond acceptors (Lipinski definition) is 6. The third-order valence-electron chi connectivity index (χ3n) is 5.28. The van der Waals surface area contributed by atoms with Crippen molar-refractivity contribution >= 4 is 23.3 Å². The molecule has 0 saturated heterocycles. The molecule has 2 aromatic rings. The van der Waals surface area contributed by atoms with Gasteiger partial charge in [-0.3, -0.25) is 19.3 Å². The smallest absolute Gasteiger partial charge is 0.265 e. The van der Waals surface area contributed by atoms with Gasteiger partial charge in [0.05, 0.1) is 12.8 Å². The van der Waals surface area contributed by atoms with Gasteiger partial charge in [0.1, 0.15) is 11.8 Å². The summed E-state index contributed by atoms with van der Waals surface area (Å²) in [5.74, 6) is 0.610. The number of hydrogen-bond donors (Lipinski definition) is 1. The Hall–Kier alpha value is -3.55. The van der Waals surface area contributed by atoms with Crippen LogP contribution >= 0.6 is 0 Å². The third-order valence-corrected chi connectivity index (χ3v) is 5.28. The van der Waals surface area contributed by atoms with Crippen LogP contribution in [0.5, 0.6) is 17.2 Å². The number of ketones is 1. The summed E-state index contributed by atoms with van der Waals surface area (Å²) in [4.78, 5) is 39.3. The van der Waals surface area contributed by atoms with Gasteiger partial charge >= 0.3 is 0 Å². The highest BCUT2D eigenvalue weighted by Crippen LogP contribution is 2.35. The molecular weight excluding hydrogens is 400 g/mol. The fourth-order valence-corrected chi connectivity index (χ4v) is 3.40. The number of amides is 2. The third kappa shape index (κ3) is 4.47. The van der Waals surface area contributed by atoms with E-state index < -0.39 is 6.04 Å². The molecule has 1 aliphatic carbocycles. The average molecular weight is 424 g/mol. The minimum Gasteiger partial charge on any atom is -0.493 e. The Balaban J connectivity index is 1.53. The van der Waals surface area contributed by atoms with Gasteiger partial charge in [-0.1, -0.05) is 12.1 Å². The first-order chi connectivity index (χ1) is 15.0. The lowest BCUT2D eigenvalue weighted by Crippen LogP contribution is -2.51. The van der Waals surface area contributed by atoms with Crippen molar-refractivity contribution in [2.75, 3.05) is 25.2 Å². The Morgan fingerprint density at radius 2 is 1.94 bits per heavy atom. The second-order valence-electron chi connectivity index (χ2n) is 7.56. The lowest BCUT2D eigenvalue weighted by atomic mass is 10.1. The van der Waals surface area contributed by atoms with Crippen LogP contribution in [0.2, 0.25) is 0 Å². The van der Waals surface area contributed by atoms with Gasteiger partial charge in [-0.25, -0.2) is 0 Å². The fourth-order valence-electron chi connectivity index (χ4n) is 3.40. The molecule has 1 atom stereocenters. The van der Waals surface area contributed by atoms with Gasteiger partial charge in [-0.2, -0.15) is 0 Å². The van der Waals surface area contributed by atoms with Crippen LogP contribution in [-0.4, -0.2) is 50.0 Å². The molecule has 0 spiro atoms. The normalized spacial score (nSPS) is 16.1. The summed E-state index contributed by atoms with van der Waals surface area (Å²) in [5.41, 5.74) is 0.754. The molecule has 1 saturated carbocycles. The van der Waals surface area contributed by atoms with Crippen LogP contribution in [0.15, 0.2) is 42.5 Å². The summed E-state index contributed by atoms with van der Waals surface area (Å²) in [7, 11) is 1.53. The van der Waals surface area contributed by atoms with E-state index in [1.165, 1.54) is 12.0 Å². The van der Waals surface area contributed by atoms with Gasteiger partial charge in [0.2, 0.25) is 5.91 Å². The Kier molecular flexibility index (Phi) is 5.79. The van der Waals surface area contributed by atoms with E-state index in [9.17, 15) is 14.4 Å². The Morgan fingerprint density at radius 1 is 1.19 bits per heavy atom. The molecule has 8 nitrogen and oxygen atoms in total. The van der Waals surface area contributed by atoms with E-state index >= 15 is 0 Å². The number of ether oxygens (including phenoxy) is 3. The highest BCUT2D eigenvalue weighted by atomic mass is 16.5. The molecule has 4 rings (SSSR count). The van der Waals surface area contributed by atoms with Crippen molar-refractivity contribution in [2.24, 2.45) is 0 Å². The number of benzene rings is 2. The summed E-state index contributed by atoms with van der Waals surface area (Å²) in [6, 6.07) is 11.4. The van der Waals surface area contributed by atoms with Gasteiger partial charge in [-0.05, 0) is 50.1 Å². The Bertz CT molecular complexity index is 1020. The summed E-state index contributed by atoms with van der Waals surface area (Å²) in [5, 5.41) is 2.92. The van der Waals surface area contributed by atoms with Crippen LogP contribution in [0.25, 0.3) is 0 Å². The fraction of sp³-hybridized carbons (Fsp3) is 0.348. The van der Waals surface area contributed by atoms with E-state index in [2.05, 4.69) is 5.32 Å². The number of carbonyl (C=O) groups excluding carboxylic acids is 3. The first-order valence-corrected chi connectivity index (χ1v) is 10.2. The number of carbonyl (C=O) groups is 3. The molecule has 1 fully saturated rings. The molecule has 31 heavy (non-hydrogen) atoms. The molecule has 0 radical (unpaired) electrons. The molecular formula is C23H24N2O6. The second kappa shape index (κ2) is 8.67. The first kappa shape index (κ1) is 20.7. The first-order valence-electron chi connectivity index (χ1n) is 10.2. The molecule has 1 aliphatic heterocycles. The molecule has 8 heteroatoms. The lowest BCUT2D eigenvalue weighted by molar-refractivity contribution is -0.127. The predicted octanol–water partition coefficient (Wildman–Crippen LogP) is 2.35. The topological polar surface area (TPSA) is 94.2 Å². The van der Waals surface area contributed by atoms with E-state index in [1.807, 2.05) is 6.07 Å². The molecule has 0 unspecified atom stereocenters. The SMILES string of the molecule is COc1ccccc1OCC(=O)c1ccc2c(c1)N([C@@H](C)C(=O)NC1CC1)C(=O)CO2. The number of rotatable bonds is 8. The number of para-hydroxylation sites is 2. The largest absolute Gasteiger partial charge is 0.493 e. The van der Waals surface area contributed by atoms with Gasteiger partial charge in [0.25, 0.3) is 5.91 Å². The van der Waals surface area contributed by atoms with Crippen molar-refractivity contribution in [3.8, 4) is 17.2 Å². The molecule has 2 aliphatic rings. The minimum atomic E-state index is -0.717. The summed E-state index contributed by atoms with van der Waals surface area (Å²) < 4.78 is 16.4. The van der Waals surface area contributed by atoms with Crippen molar-refractivity contribution in [1.29, 1.82) is 0 Å². The van der Waals surface area contributed by atoms with Crippen molar-refractivity contribution in [3.05, 3.63) is 48.0 Å². The van der Waals surface area contributed by atoms with Crippen LogP contribution in [0.3, 0.4) is 0 Å². The summed E-state index contributed by atoms with van der Waals surface area (Å²) >= 11 is 0. The van der Waals surface area contributed by atoms with Crippen LogP contribution in [0, 0.1) is 0 Å². The molecule has 2 amide bonds. The van der Waals surface area contributed by atoms with Crippen molar-refractivity contribution in [1.82, 2.24) is 5.32 Å². The van der Waals surface area contributed by atoms with Crippen molar-refractivity contribution < 1.29 is 28.6 Å². The quantitative estimate of drug-likeness (QED) is 0.654. The molecule has 0 aromatic heterocycles. The standard InChI is InChI=1S/C23H24N2O6/c1-14(23(28)24-16-8-9-16)25-17-11-15(7-10-19(17)31-13-22(25)27)18(26)12-30-21-6-4-3-5-20(21)29-2/h3-7,10-11,14,16H,8-9,12-13H2,1-2H3,(H,24,28)/t14-/m0/s1. The zero-order valence-corrected chi connectivity index (χ0v) is 17.4. The molecule has 2 aromatic carbocycles. The zero-order chi connectivity index (χ0) is 22.0. The van der Waals surface area contributed by atoms with Crippen molar-refractivity contribution in [2.45, 2.75) is 31.8 Å². The minimum absolute atomic E-state index is 0.155. The van der Waals surface area contributed by atoms with Gasteiger partial charge in [0, 0.05) is 11.6 Å². The lowest BCUT2D eigenvalue weighted by Gasteiger charge is -2.33. The summed E-state index contributed by atoms with van der Waals surface area (Å²) in [6.07, 6.45) is 1.91. The van der Waals surface area contributed by atoms with Crippen LogP contribution in [0.1, 0.15) is 30.1 Å². The molecule has 0 bridgehead atoms. The number of nitrogens with zero attached hydrogens (tertiary/aromatic N) is 1. The van der Waals surface area contributed by atoms with E-state index in [-0.39, 0.29) is 36.9 Å². The van der Waals surface area contributed by atoms with Gasteiger partial charge < -0.3 is 19.5 Å². The monoisotopic (exact) mass is 424 g/mol. The van der Waals surface area contributed by atoms with E-state index in [0.717, 1.165) is 12.8 Å². The molecule has 162 valence electrons. The highest BCUT2D eigenvalue weighted by Gasteiger charge is 2.35. The number of fused-ring (bicyclic) bond motifs is 1. The number of methoxy groups -OCH3 is 1. The zero-order valence-electron chi connectivity index (χ0n) is 17.4. The number of Topliss-reactive ketones (excluding diaryl/α,β-unsaturated/α-hetero) is 1. The molecule has 1 heterocycles. The maximum absolute atomic E-state index is 12.8. The number of nitrogens with one attached hydrogen (secondary N) is 1. The maximum atomic E-state index is 12.8. The van der Waals surface area contributed by atoms with Crippen LogP contribution < -0.4 is 24.4 Å². The highest BCUT2D eigenvalue weighted by molar-refractivity contribution is 6.06. The maximum Gasteiger partial charge on any atom is 0.265 e. The van der Waals surface area contributed by atoms with Crippen LogP contribution in [-0.2, 0) is 9.59 Å². The Labute approximate surface area is 180 Å². The van der Waals surface area contributed by atoms with Crippen LogP contribution in [0.4, 0.5) is 5.69 Å². The van der Waals surface area contributed by atoms with Gasteiger partial charge in [-0.15, -0.1) is 0 Å². The van der Waals surface area contributed by atoms with E-state index in [0.29, 0.717) is 28.5 Å². The summed E-state index contributed by atoms with van der Waals surface area (Å²) in [6.45, 7) is 1.31. The number of anilines is 1. The average Bonchev–Trinajstić information content (AvgIpc) is 3.60. The van der Waals surface area contributed by atoms with Gasteiger partial charge in [0.15, 0.2) is 30.5 Å². The Morgan fingerprint density at radius 3 is 2.65 bits per heavy atom. The van der Waals surface area contributed by atoms with E-state index in [1.54, 1.807) is 43.3 Å². The van der Waals surface area contributed by atoms with E-state index in [4.69, 9.17) is 14.2 Å². The molecule has 1 N–H and O–H groups in total.